The van der Waals surface area contributed by atoms with E-state index >= 15 is 0 Å². The van der Waals surface area contributed by atoms with Gasteiger partial charge < -0.3 is 5.11 Å². The van der Waals surface area contributed by atoms with Crippen molar-refractivity contribution >= 4 is 34.7 Å². The van der Waals surface area contributed by atoms with E-state index in [1.54, 1.807) is 25.1 Å². The molecule has 2 N–H and O–H groups in total. The topological polar surface area (TPSA) is 105 Å². The molecule has 118 valence electrons. The first kappa shape index (κ1) is 16.4. The number of nitrogens with zero attached hydrogens (tertiary/aromatic N) is 2. The Bertz CT molecular complexity index is 805. The van der Waals surface area contributed by atoms with Crippen molar-refractivity contribution in [2.24, 2.45) is 5.10 Å². The van der Waals surface area contributed by atoms with Gasteiger partial charge in [0.15, 0.2) is 0 Å². The van der Waals surface area contributed by atoms with Gasteiger partial charge >= 0.3 is 5.97 Å². The Hall–Kier alpha value is -2.93. The first-order chi connectivity index (χ1) is 10.9. The minimum Gasteiger partial charge on any atom is -0.478 e. The van der Waals surface area contributed by atoms with Crippen LogP contribution in [-0.2, 0) is 0 Å². The number of hydrogen-bond donors (Lipinski definition) is 2. The molecule has 0 atom stereocenters. The largest absolute Gasteiger partial charge is 0.478 e. The van der Waals surface area contributed by atoms with Gasteiger partial charge in [-0.25, -0.2) is 4.79 Å². The van der Waals surface area contributed by atoms with Gasteiger partial charge in [-0.3, -0.25) is 15.5 Å². The Morgan fingerprint density at radius 1 is 1.30 bits per heavy atom. The number of nitro groups is 1. The summed E-state index contributed by atoms with van der Waals surface area (Å²) in [5.41, 5.74) is 4.18. The fourth-order valence-electron chi connectivity index (χ4n) is 1.82. The number of carboxylic acids is 1. The smallest absolute Gasteiger partial charge is 0.337 e. The summed E-state index contributed by atoms with van der Waals surface area (Å²) in [5.74, 6) is -1.14. The molecule has 0 bridgehead atoms. The average Bonchev–Trinajstić information content (AvgIpc) is 2.53. The summed E-state index contributed by atoms with van der Waals surface area (Å²) in [5, 5.41) is 24.0. The molecule has 0 amide bonds. The number of non-ortho nitro benzene ring substituents is 1. The van der Waals surface area contributed by atoms with Gasteiger partial charge in [0.25, 0.3) is 5.69 Å². The van der Waals surface area contributed by atoms with Crippen LogP contribution >= 0.6 is 11.6 Å². The number of nitrogens with one attached hydrogen (secondary N) is 1. The number of carboxylic acid groups (broad SMARTS) is 1. The molecule has 0 unspecified atom stereocenters. The second-order valence-electron chi connectivity index (χ2n) is 4.62. The summed E-state index contributed by atoms with van der Waals surface area (Å²) in [7, 11) is 0. The lowest BCUT2D eigenvalue weighted by atomic mass is 10.1. The number of halogens is 1. The molecule has 0 spiro atoms. The predicted molar refractivity (Wildman–Crippen MR) is 87.3 cm³/mol. The Morgan fingerprint density at radius 3 is 2.70 bits per heavy atom. The maximum atomic E-state index is 11.0. The van der Waals surface area contributed by atoms with Crippen molar-refractivity contribution in [2.45, 2.75) is 6.92 Å². The standard InChI is InChI=1S/C15H12ClN3O4/c1-9(10-3-2-4-12(7-10)19(22)23)17-18-11-5-6-14(16)13(8-11)15(20)21/h2-8,18H,1H3,(H,20,21)/b17-9-. The maximum Gasteiger partial charge on any atom is 0.337 e. The highest BCUT2D eigenvalue weighted by molar-refractivity contribution is 6.33. The molecule has 0 aromatic heterocycles. The number of carbonyl (C=O) groups is 1. The molecule has 0 saturated carbocycles. The van der Waals surface area contributed by atoms with Gasteiger partial charge in [0.1, 0.15) is 0 Å². The van der Waals surface area contributed by atoms with Gasteiger partial charge in [-0.15, -0.1) is 0 Å². The van der Waals surface area contributed by atoms with E-state index in [1.807, 2.05) is 0 Å². The van der Waals surface area contributed by atoms with E-state index in [0.717, 1.165) is 0 Å². The monoisotopic (exact) mass is 333 g/mol. The first-order valence-corrected chi connectivity index (χ1v) is 6.84. The van der Waals surface area contributed by atoms with Crippen molar-refractivity contribution in [3.05, 3.63) is 68.7 Å². The van der Waals surface area contributed by atoms with Crippen LogP contribution in [0.15, 0.2) is 47.6 Å². The minimum absolute atomic E-state index is 0.0308. The molecule has 7 nitrogen and oxygen atoms in total. The zero-order valence-electron chi connectivity index (χ0n) is 12.0. The third-order valence-electron chi connectivity index (χ3n) is 3.02. The molecule has 0 aliphatic rings. The van der Waals surface area contributed by atoms with E-state index in [-0.39, 0.29) is 16.3 Å². The summed E-state index contributed by atoms with van der Waals surface area (Å²) in [6, 6.07) is 10.4. The maximum absolute atomic E-state index is 11.0. The molecule has 2 aromatic carbocycles. The summed E-state index contributed by atoms with van der Waals surface area (Å²) >= 11 is 5.79. The lowest BCUT2D eigenvalue weighted by Gasteiger charge is -2.06. The lowest BCUT2D eigenvalue weighted by molar-refractivity contribution is -0.384. The van der Waals surface area contributed by atoms with Gasteiger partial charge in [-0.05, 0) is 25.1 Å². The van der Waals surface area contributed by atoms with E-state index < -0.39 is 10.9 Å². The average molecular weight is 334 g/mol. The number of nitro benzene ring substituents is 1. The Kier molecular flexibility index (Phi) is 4.92. The molecule has 0 aliphatic heterocycles. The molecule has 0 radical (unpaired) electrons. The van der Waals surface area contributed by atoms with E-state index in [2.05, 4.69) is 10.5 Å². The van der Waals surface area contributed by atoms with Crippen LogP contribution in [-0.4, -0.2) is 21.7 Å². The number of aromatic carboxylic acids is 1. The quantitative estimate of drug-likeness (QED) is 0.492. The van der Waals surface area contributed by atoms with Gasteiger partial charge in [-0.2, -0.15) is 5.10 Å². The molecular formula is C15H12ClN3O4. The zero-order chi connectivity index (χ0) is 17.0. The van der Waals surface area contributed by atoms with E-state index in [4.69, 9.17) is 16.7 Å². The van der Waals surface area contributed by atoms with Crippen LogP contribution in [0.4, 0.5) is 11.4 Å². The number of hydrazone groups is 1. The Labute approximate surface area is 136 Å². The Balaban J connectivity index is 2.23. The highest BCUT2D eigenvalue weighted by atomic mass is 35.5. The molecule has 0 fully saturated rings. The van der Waals surface area contributed by atoms with E-state index in [0.29, 0.717) is 17.0 Å². The predicted octanol–water partition coefficient (Wildman–Crippen LogP) is 3.78. The summed E-state index contributed by atoms with van der Waals surface area (Å²) < 4.78 is 0. The lowest BCUT2D eigenvalue weighted by Crippen LogP contribution is -2.02. The van der Waals surface area contributed by atoms with E-state index in [9.17, 15) is 14.9 Å². The summed E-state index contributed by atoms with van der Waals surface area (Å²) in [6.07, 6.45) is 0. The minimum atomic E-state index is -1.14. The second kappa shape index (κ2) is 6.89. The van der Waals surface area contributed by atoms with Gasteiger partial charge in [-0.1, -0.05) is 23.7 Å². The molecule has 2 aromatic rings. The van der Waals surface area contributed by atoms with Crippen molar-refractivity contribution in [1.29, 1.82) is 0 Å². The van der Waals surface area contributed by atoms with Crippen molar-refractivity contribution in [2.75, 3.05) is 5.43 Å². The third-order valence-corrected chi connectivity index (χ3v) is 3.35. The molecule has 2 rings (SSSR count). The van der Waals surface area contributed by atoms with Crippen molar-refractivity contribution in [1.82, 2.24) is 0 Å². The van der Waals surface area contributed by atoms with Crippen molar-refractivity contribution < 1.29 is 14.8 Å². The SMILES string of the molecule is C/C(=N/Nc1ccc(Cl)c(C(=O)O)c1)c1cccc([N+](=O)[O-])c1. The van der Waals surface area contributed by atoms with Crippen LogP contribution in [0.25, 0.3) is 0 Å². The van der Waals surface area contributed by atoms with Crippen molar-refractivity contribution in [3.63, 3.8) is 0 Å². The second-order valence-corrected chi connectivity index (χ2v) is 5.02. The number of benzene rings is 2. The van der Waals surface area contributed by atoms with Crippen LogP contribution in [0.5, 0.6) is 0 Å². The number of hydrogen-bond acceptors (Lipinski definition) is 5. The van der Waals surface area contributed by atoms with Gasteiger partial charge in [0, 0.05) is 17.7 Å². The zero-order valence-corrected chi connectivity index (χ0v) is 12.7. The van der Waals surface area contributed by atoms with Crippen LogP contribution in [0.3, 0.4) is 0 Å². The molecule has 0 aliphatic carbocycles. The molecule has 0 saturated heterocycles. The normalized spacial score (nSPS) is 11.1. The van der Waals surface area contributed by atoms with Crippen LogP contribution in [0.1, 0.15) is 22.8 Å². The molecule has 23 heavy (non-hydrogen) atoms. The van der Waals surface area contributed by atoms with Gasteiger partial charge in [0.2, 0.25) is 0 Å². The number of rotatable bonds is 5. The summed E-state index contributed by atoms with van der Waals surface area (Å²) in [4.78, 5) is 21.3. The molecule has 8 heteroatoms. The molecule has 0 heterocycles. The van der Waals surface area contributed by atoms with Crippen molar-refractivity contribution in [3.8, 4) is 0 Å². The highest BCUT2D eigenvalue weighted by Crippen LogP contribution is 2.21. The summed E-state index contributed by atoms with van der Waals surface area (Å²) in [6.45, 7) is 1.68. The van der Waals surface area contributed by atoms with Crippen LogP contribution in [0, 0.1) is 10.1 Å². The third kappa shape index (κ3) is 4.04. The fourth-order valence-corrected chi connectivity index (χ4v) is 2.01. The molecular weight excluding hydrogens is 322 g/mol. The van der Waals surface area contributed by atoms with E-state index in [1.165, 1.54) is 24.3 Å². The fraction of sp³-hybridized carbons (Fsp3) is 0.0667. The highest BCUT2D eigenvalue weighted by Gasteiger charge is 2.10. The number of anilines is 1. The van der Waals surface area contributed by atoms with Crippen LogP contribution in [0.2, 0.25) is 5.02 Å². The van der Waals surface area contributed by atoms with Crippen LogP contribution < -0.4 is 5.43 Å². The first-order valence-electron chi connectivity index (χ1n) is 6.46. The van der Waals surface area contributed by atoms with Gasteiger partial charge in [0.05, 0.1) is 26.9 Å². The Morgan fingerprint density at radius 2 is 2.04 bits per heavy atom.